The molecule has 2 atom stereocenters. The average Bonchev–Trinajstić information content (AvgIpc) is 3.20. The fraction of sp³-hybridized carbons (Fsp3) is 0.333. The van der Waals surface area contributed by atoms with Crippen LogP contribution in [0.3, 0.4) is 0 Å². The molecule has 7 heteroatoms. The van der Waals surface area contributed by atoms with Gasteiger partial charge in [0, 0.05) is 15.5 Å². The molecule has 0 saturated carbocycles. The van der Waals surface area contributed by atoms with Crippen LogP contribution in [0, 0.1) is 0 Å². The number of nitrogens with two attached hydrogens (primary N) is 1. The van der Waals surface area contributed by atoms with E-state index in [2.05, 4.69) is 29.6 Å². The van der Waals surface area contributed by atoms with Crippen molar-refractivity contribution in [3.05, 3.63) is 76.2 Å². The maximum Gasteiger partial charge on any atom is 0.341 e. The fourth-order valence-corrected chi connectivity index (χ4v) is 6.71. The number of carbonyl (C=O) groups excluding carboxylic acids is 2. The molecule has 1 aromatic heterocycles. The average molecular weight is 495 g/mol. The Morgan fingerprint density at radius 1 is 1.18 bits per heavy atom. The largest absolute Gasteiger partial charge is 0.462 e. The first-order valence-electron chi connectivity index (χ1n) is 11.7. The van der Waals surface area contributed by atoms with Crippen LogP contribution >= 0.6 is 23.1 Å². The molecule has 0 fully saturated rings. The van der Waals surface area contributed by atoms with Crippen molar-refractivity contribution < 1.29 is 14.3 Å². The van der Waals surface area contributed by atoms with Gasteiger partial charge in [-0.3, -0.25) is 4.79 Å². The Balaban J connectivity index is 1.58. The molecule has 0 spiro atoms. The molecule has 0 saturated heterocycles. The minimum Gasteiger partial charge on any atom is -0.462 e. The zero-order valence-electron chi connectivity index (χ0n) is 19.5. The number of hydrogen-bond donors (Lipinski definition) is 2. The molecule has 5 nitrogen and oxygen atoms in total. The highest BCUT2D eigenvalue weighted by Gasteiger charge is 2.31. The number of rotatable bonds is 8. The fourth-order valence-electron chi connectivity index (χ4n) is 4.37. The predicted molar refractivity (Wildman–Crippen MR) is 141 cm³/mol. The van der Waals surface area contributed by atoms with Crippen LogP contribution in [0.2, 0.25) is 0 Å². The summed E-state index contributed by atoms with van der Waals surface area (Å²) in [5.41, 5.74) is 9.45. The number of esters is 1. The lowest BCUT2D eigenvalue weighted by Crippen LogP contribution is -2.25. The molecule has 4 rings (SSSR count). The molecule has 3 aromatic rings. The first-order chi connectivity index (χ1) is 16.5. The predicted octanol–water partition coefficient (Wildman–Crippen LogP) is 6.29. The number of amides is 1. The maximum atomic E-state index is 13.3. The molecule has 3 N–H and O–H groups in total. The molecule has 1 aliphatic carbocycles. The van der Waals surface area contributed by atoms with Crippen molar-refractivity contribution in [2.45, 2.75) is 55.6 Å². The third-order valence-corrected chi connectivity index (χ3v) is 8.58. The van der Waals surface area contributed by atoms with Crippen molar-refractivity contribution in [1.82, 2.24) is 0 Å². The Morgan fingerprint density at radius 3 is 2.68 bits per heavy atom. The highest BCUT2D eigenvalue weighted by Crippen LogP contribution is 2.43. The van der Waals surface area contributed by atoms with E-state index >= 15 is 0 Å². The van der Waals surface area contributed by atoms with Crippen LogP contribution < -0.4 is 11.1 Å². The van der Waals surface area contributed by atoms with Gasteiger partial charge in [0.15, 0.2) is 0 Å². The van der Waals surface area contributed by atoms with E-state index in [0.717, 1.165) is 34.6 Å². The maximum absolute atomic E-state index is 13.3. The number of benzene rings is 2. The summed E-state index contributed by atoms with van der Waals surface area (Å²) < 4.78 is 5.38. The summed E-state index contributed by atoms with van der Waals surface area (Å²) in [7, 11) is 0. The number of nitrogens with one attached hydrogen (secondary N) is 1. The number of thiophene rings is 1. The SMILES string of the molecule is CCOC(=O)c1c(NC(=O)C(CC)Sc2cccc(N)c2)sc2c1CCC(c1ccccc1)C2. The van der Waals surface area contributed by atoms with Crippen LogP contribution in [0.25, 0.3) is 0 Å². The smallest absolute Gasteiger partial charge is 0.341 e. The van der Waals surface area contributed by atoms with E-state index in [9.17, 15) is 9.59 Å². The van der Waals surface area contributed by atoms with Crippen LogP contribution in [0.1, 0.15) is 59.0 Å². The van der Waals surface area contributed by atoms with Gasteiger partial charge in [0.1, 0.15) is 5.00 Å². The summed E-state index contributed by atoms with van der Waals surface area (Å²) in [4.78, 5) is 28.3. The van der Waals surface area contributed by atoms with Gasteiger partial charge in [-0.2, -0.15) is 0 Å². The first kappa shape index (κ1) is 24.4. The summed E-state index contributed by atoms with van der Waals surface area (Å²) in [6.07, 6.45) is 3.28. The van der Waals surface area contributed by atoms with Crippen LogP contribution in [0.5, 0.6) is 0 Å². The second-order valence-electron chi connectivity index (χ2n) is 8.36. The highest BCUT2D eigenvalue weighted by atomic mass is 32.2. The normalized spacial score (nSPS) is 15.9. The van der Waals surface area contributed by atoms with Crippen molar-refractivity contribution in [2.24, 2.45) is 0 Å². The minimum absolute atomic E-state index is 0.112. The van der Waals surface area contributed by atoms with Crippen LogP contribution in [-0.4, -0.2) is 23.7 Å². The number of ether oxygens (including phenoxy) is 1. The summed E-state index contributed by atoms with van der Waals surface area (Å²) >= 11 is 3.00. The molecule has 1 aliphatic rings. The van der Waals surface area contributed by atoms with Crippen molar-refractivity contribution in [2.75, 3.05) is 17.7 Å². The standard InChI is InChI=1S/C27H30N2O3S2/c1-3-22(33-20-12-8-11-19(28)16-20)25(30)29-26-24(27(31)32-4-2)21-14-13-18(15-23(21)34-26)17-9-6-5-7-10-17/h5-12,16,18,22H,3-4,13-15,28H2,1-2H3,(H,29,30). The Bertz CT molecular complexity index is 1160. The number of thioether (sulfide) groups is 1. The van der Waals surface area contributed by atoms with Crippen LogP contribution in [0.15, 0.2) is 59.5 Å². The van der Waals surface area contributed by atoms with Gasteiger partial charge in [0.25, 0.3) is 0 Å². The van der Waals surface area contributed by atoms with E-state index < -0.39 is 0 Å². The Labute approximate surface area is 209 Å². The lowest BCUT2D eigenvalue weighted by Gasteiger charge is -2.23. The minimum atomic E-state index is -0.356. The topological polar surface area (TPSA) is 81.4 Å². The second-order valence-corrected chi connectivity index (χ2v) is 10.7. The first-order valence-corrected chi connectivity index (χ1v) is 13.4. The quantitative estimate of drug-likeness (QED) is 0.218. The third kappa shape index (κ3) is 5.47. The molecule has 0 aliphatic heterocycles. The van der Waals surface area contributed by atoms with E-state index in [1.165, 1.54) is 28.7 Å². The van der Waals surface area contributed by atoms with E-state index in [-0.39, 0.29) is 17.1 Å². The molecule has 0 bridgehead atoms. The van der Waals surface area contributed by atoms with E-state index in [1.54, 1.807) is 6.92 Å². The molecule has 2 aromatic carbocycles. The molecule has 178 valence electrons. The van der Waals surface area contributed by atoms with Crippen molar-refractivity contribution >= 4 is 45.7 Å². The van der Waals surface area contributed by atoms with Crippen molar-refractivity contribution in [3.8, 4) is 0 Å². The number of carbonyl (C=O) groups is 2. The summed E-state index contributed by atoms with van der Waals surface area (Å²) in [5, 5.41) is 3.38. The van der Waals surface area contributed by atoms with Gasteiger partial charge < -0.3 is 15.8 Å². The molecular weight excluding hydrogens is 464 g/mol. The van der Waals surface area contributed by atoms with E-state index in [4.69, 9.17) is 10.5 Å². The number of fused-ring (bicyclic) bond motifs is 1. The van der Waals surface area contributed by atoms with Crippen LogP contribution in [0.4, 0.5) is 10.7 Å². The highest BCUT2D eigenvalue weighted by molar-refractivity contribution is 8.00. The second kappa shape index (κ2) is 11.1. The zero-order valence-corrected chi connectivity index (χ0v) is 21.1. The van der Waals surface area contributed by atoms with E-state index in [0.29, 0.717) is 35.2 Å². The lowest BCUT2D eigenvalue weighted by molar-refractivity contribution is -0.115. The monoisotopic (exact) mass is 494 g/mol. The van der Waals surface area contributed by atoms with Gasteiger partial charge in [0.05, 0.1) is 17.4 Å². The lowest BCUT2D eigenvalue weighted by atomic mass is 9.83. The number of hydrogen-bond acceptors (Lipinski definition) is 6. The Kier molecular flexibility index (Phi) is 7.95. The summed E-state index contributed by atoms with van der Waals surface area (Å²) in [6, 6.07) is 18.0. The molecule has 0 radical (unpaired) electrons. The zero-order chi connectivity index (χ0) is 24.1. The number of anilines is 2. The number of nitrogen functional groups attached to an aromatic ring is 1. The van der Waals surface area contributed by atoms with Gasteiger partial charge in [-0.05, 0) is 67.9 Å². The van der Waals surface area contributed by atoms with Gasteiger partial charge >= 0.3 is 5.97 Å². The third-order valence-electron chi connectivity index (χ3n) is 6.05. The summed E-state index contributed by atoms with van der Waals surface area (Å²) in [6.45, 7) is 4.09. The molecular formula is C27H30N2O3S2. The van der Waals surface area contributed by atoms with Crippen LogP contribution in [-0.2, 0) is 22.4 Å². The van der Waals surface area contributed by atoms with Crippen molar-refractivity contribution in [1.29, 1.82) is 0 Å². The summed E-state index contributed by atoms with van der Waals surface area (Å²) in [5.74, 6) is -0.0582. The van der Waals surface area contributed by atoms with Gasteiger partial charge in [0.2, 0.25) is 5.91 Å². The van der Waals surface area contributed by atoms with Gasteiger partial charge in [-0.1, -0.05) is 43.3 Å². The molecule has 1 heterocycles. The Hall–Kier alpha value is -2.77. The van der Waals surface area contributed by atoms with E-state index in [1.807, 2.05) is 37.3 Å². The molecule has 34 heavy (non-hydrogen) atoms. The van der Waals surface area contributed by atoms with Crippen molar-refractivity contribution in [3.63, 3.8) is 0 Å². The molecule has 1 amide bonds. The van der Waals surface area contributed by atoms with Gasteiger partial charge in [-0.25, -0.2) is 4.79 Å². The molecule has 2 unspecified atom stereocenters. The van der Waals surface area contributed by atoms with Gasteiger partial charge in [-0.15, -0.1) is 23.1 Å². The Morgan fingerprint density at radius 2 is 1.97 bits per heavy atom.